The summed E-state index contributed by atoms with van der Waals surface area (Å²) in [5, 5.41) is 20.2. The van der Waals surface area contributed by atoms with Gasteiger partial charge in [-0.25, -0.2) is 8.78 Å². The summed E-state index contributed by atoms with van der Waals surface area (Å²) in [4.78, 5) is 17.0. The highest BCUT2D eigenvalue weighted by atomic mass is 19.3. The Morgan fingerprint density at radius 2 is 1.71 bits per heavy atom. The lowest BCUT2D eigenvalue weighted by Crippen LogP contribution is -2.55. The zero-order valence-electron chi connectivity index (χ0n) is 19.6. The SMILES string of the molecule is C[C@@H]1CN(C(=O)C2CCC(F)(F)CC2)CCN1c1nnc(-c2ccc(C#N)cc2)c2ccccc12. The first-order valence-corrected chi connectivity index (χ1v) is 12.1. The minimum Gasteiger partial charge on any atom is -0.348 e. The summed E-state index contributed by atoms with van der Waals surface area (Å²) >= 11 is 0. The second-order valence-electron chi connectivity index (χ2n) is 9.56. The van der Waals surface area contributed by atoms with Gasteiger partial charge in [0.05, 0.1) is 11.6 Å². The first-order valence-electron chi connectivity index (χ1n) is 12.1. The van der Waals surface area contributed by atoms with Crippen LogP contribution in [0.5, 0.6) is 0 Å². The molecule has 1 aliphatic heterocycles. The summed E-state index contributed by atoms with van der Waals surface area (Å²) in [5.74, 6) is -2.17. The lowest BCUT2D eigenvalue weighted by Gasteiger charge is -2.42. The molecule has 1 atom stereocenters. The minimum atomic E-state index is -2.63. The van der Waals surface area contributed by atoms with Crippen molar-refractivity contribution in [2.45, 2.75) is 44.6 Å². The lowest BCUT2D eigenvalue weighted by molar-refractivity contribution is -0.140. The van der Waals surface area contributed by atoms with Gasteiger partial charge in [-0.2, -0.15) is 5.26 Å². The number of benzene rings is 2. The van der Waals surface area contributed by atoms with Crippen LogP contribution in [0, 0.1) is 17.2 Å². The van der Waals surface area contributed by atoms with Crippen LogP contribution in [0.2, 0.25) is 0 Å². The van der Waals surface area contributed by atoms with Gasteiger partial charge in [-0.1, -0.05) is 36.4 Å². The molecule has 2 heterocycles. The molecule has 1 aromatic heterocycles. The summed E-state index contributed by atoms with van der Waals surface area (Å²) < 4.78 is 27.1. The van der Waals surface area contributed by atoms with Crippen LogP contribution >= 0.6 is 0 Å². The maximum Gasteiger partial charge on any atom is 0.248 e. The molecule has 2 aliphatic rings. The standard InChI is InChI=1S/C27H27F2N5O/c1-18-17-33(26(35)21-10-12-27(28,29)13-11-21)14-15-34(18)25-23-5-3-2-4-22(23)24(31-32-25)20-8-6-19(16-30)7-9-20/h2-9,18,21H,10-15,17H2,1H3/t18-/m1/s1. The Hall–Kier alpha value is -3.60. The van der Waals surface area contributed by atoms with Gasteiger partial charge in [0, 0.05) is 60.8 Å². The molecule has 1 saturated carbocycles. The van der Waals surface area contributed by atoms with Crippen molar-refractivity contribution in [1.29, 1.82) is 5.26 Å². The molecule has 2 fully saturated rings. The second-order valence-corrected chi connectivity index (χ2v) is 9.56. The molecule has 6 nitrogen and oxygen atoms in total. The van der Waals surface area contributed by atoms with Crippen molar-refractivity contribution in [3.63, 3.8) is 0 Å². The fourth-order valence-corrected chi connectivity index (χ4v) is 5.24. The highest BCUT2D eigenvalue weighted by Gasteiger charge is 2.40. The Kier molecular flexibility index (Phi) is 6.10. The molecular weight excluding hydrogens is 448 g/mol. The Morgan fingerprint density at radius 3 is 2.37 bits per heavy atom. The second kappa shape index (κ2) is 9.21. The first kappa shape index (κ1) is 23.2. The number of carbonyl (C=O) groups is 1. The van der Waals surface area contributed by atoms with E-state index in [0.29, 0.717) is 25.2 Å². The summed E-state index contributed by atoms with van der Waals surface area (Å²) in [7, 11) is 0. The number of anilines is 1. The van der Waals surface area contributed by atoms with Crippen LogP contribution < -0.4 is 4.90 Å². The van der Waals surface area contributed by atoms with Gasteiger partial charge in [0.25, 0.3) is 0 Å². The average Bonchev–Trinajstić information content (AvgIpc) is 2.88. The summed E-state index contributed by atoms with van der Waals surface area (Å²) in [6.07, 6.45) is 0.110. The van der Waals surface area contributed by atoms with E-state index in [1.54, 1.807) is 12.1 Å². The third kappa shape index (κ3) is 4.55. The number of halogens is 2. The van der Waals surface area contributed by atoms with Crippen molar-refractivity contribution in [3.05, 3.63) is 54.1 Å². The normalized spacial score (nSPS) is 20.6. The molecule has 0 spiro atoms. The van der Waals surface area contributed by atoms with Gasteiger partial charge in [-0.15, -0.1) is 10.2 Å². The molecule has 5 rings (SSSR count). The molecule has 3 aromatic rings. The molecule has 0 unspecified atom stereocenters. The molecule has 1 amide bonds. The molecular formula is C27H27F2N5O. The van der Waals surface area contributed by atoms with Crippen molar-refractivity contribution in [2.75, 3.05) is 24.5 Å². The monoisotopic (exact) mass is 475 g/mol. The summed E-state index contributed by atoms with van der Waals surface area (Å²) in [5.41, 5.74) is 2.23. The fraction of sp³-hybridized carbons (Fsp3) is 0.407. The van der Waals surface area contributed by atoms with Crippen molar-refractivity contribution < 1.29 is 13.6 Å². The highest BCUT2D eigenvalue weighted by Crippen LogP contribution is 2.38. The maximum atomic E-state index is 13.5. The minimum absolute atomic E-state index is 0.000828. The molecule has 0 N–H and O–H groups in total. The third-order valence-electron chi connectivity index (χ3n) is 7.23. The number of alkyl halides is 2. The molecule has 8 heteroatoms. The van der Waals surface area contributed by atoms with E-state index in [-0.39, 0.29) is 43.6 Å². The lowest BCUT2D eigenvalue weighted by atomic mass is 9.85. The van der Waals surface area contributed by atoms with Crippen LogP contribution in [0.15, 0.2) is 48.5 Å². The van der Waals surface area contributed by atoms with Crippen molar-refractivity contribution in [1.82, 2.24) is 15.1 Å². The van der Waals surface area contributed by atoms with Gasteiger partial charge in [0.1, 0.15) is 5.69 Å². The van der Waals surface area contributed by atoms with Gasteiger partial charge in [-0.3, -0.25) is 4.79 Å². The van der Waals surface area contributed by atoms with Crippen LogP contribution in [0.1, 0.15) is 38.2 Å². The van der Waals surface area contributed by atoms with Crippen molar-refractivity contribution in [2.24, 2.45) is 5.92 Å². The van der Waals surface area contributed by atoms with Gasteiger partial charge in [0.2, 0.25) is 11.8 Å². The molecule has 0 radical (unpaired) electrons. The summed E-state index contributed by atoms with van der Waals surface area (Å²) in [6, 6.07) is 17.4. The fourth-order valence-electron chi connectivity index (χ4n) is 5.24. The highest BCUT2D eigenvalue weighted by molar-refractivity contribution is 6.00. The topological polar surface area (TPSA) is 73.1 Å². The molecule has 180 valence electrons. The van der Waals surface area contributed by atoms with Crippen LogP contribution in [0.3, 0.4) is 0 Å². The number of amides is 1. The number of hydrogen-bond donors (Lipinski definition) is 0. The van der Waals surface area contributed by atoms with Crippen LogP contribution in [-0.4, -0.2) is 52.6 Å². The van der Waals surface area contributed by atoms with Crippen LogP contribution in [0.4, 0.5) is 14.6 Å². The van der Waals surface area contributed by atoms with Gasteiger partial charge in [0.15, 0.2) is 5.82 Å². The Morgan fingerprint density at radius 1 is 1.03 bits per heavy atom. The quantitative estimate of drug-likeness (QED) is 0.531. The number of carbonyl (C=O) groups excluding carboxylic acids is 1. The maximum absolute atomic E-state index is 13.5. The molecule has 2 aromatic carbocycles. The number of fused-ring (bicyclic) bond motifs is 1. The first-order chi connectivity index (χ1) is 16.9. The smallest absolute Gasteiger partial charge is 0.248 e. The molecule has 1 aliphatic carbocycles. The van der Waals surface area contributed by atoms with E-state index < -0.39 is 5.92 Å². The van der Waals surface area contributed by atoms with Crippen LogP contribution in [0.25, 0.3) is 22.0 Å². The third-order valence-corrected chi connectivity index (χ3v) is 7.23. The molecule has 35 heavy (non-hydrogen) atoms. The zero-order chi connectivity index (χ0) is 24.6. The number of nitrogens with zero attached hydrogens (tertiary/aromatic N) is 5. The number of hydrogen-bond acceptors (Lipinski definition) is 5. The number of nitriles is 1. The predicted molar refractivity (Wildman–Crippen MR) is 130 cm³/mol. The van der Waals surface area contributed by atoms with Gasteiger partial charge in [-0.05, 0) is 31.9 Å². The van der Waals surface area contributed by atoms with Crippen molar-refractivity contribution >= 4 is 22.5 Å². The van der Waals surface area contributed by atoms with E-state index >= 15 is 0 Å². The largest absolute Gasteiger partial charge is 0.348 e. The summed E-state index contributed by atoms with van der Waals surface area (Å²) in [6.45, 7) is 3.71. The number of piperazine rings is 1. The van der Waals surface area contributed by atoms with Crippen molar-refractivity contribution in [3.8, 4) is 17.3 Å². The Labute approximate surface area is 203 Å². The van der Waals surface area contributed by atoms with Gasteiger partial charge < -0.3 is 9.80 Å². The van der Waals surface area contributed by atoms with Gasteiger partial charge >= 0.3 is 0 Å². The van der Waals surface area contributed by atoms with E-state index in [1.165, 1.54) is 0 Å². The average molecular weight is 476 g/mol. The number of rotatable bonds is 3. The van der Waals surface area contributed by atoms with E-state index in [1.807, 2.05) is 41.3 Å². The molecule has 1 saturated heterocycles. The Bertz CT molecular complexity index is 1280. The predicted octanol–water partition coefficient (Wildman–Crippen LogP) is 5.03. The van der Waals surface area contributed by atoms with E-state index in [2.05, 4.69) is 28.1 Å². The number of aromatic nitrogens is 2. The Balaban J connectivity index is 1.37. The van der Waals surface area contributed by atoms with E-state index in [9.17, 15) is 13.6 Å². The van der Waals surface area contributed by atoms with E-state index in [4.69, 9.17) is 5.26 Å². The van der Waals surface area contributed by atoms with Crippen LogP contribution in [-0.2, 0) is 4.79 Å². The zero-order valence-corrected chi connectivity index (χ0v) is 19.6. The van der Waals surface area contributed by atoms with E-state index in [0.717, 1.165) is 27.8 Å². The molecule has 0 bridgehead atoms.